The number of carbonyl (C=O) groups is 1. The molecule has 0 bridgehead atoms. The van der Waals surface area contributed by atoms with Crippen LogP contribution in [-0.4, -0.2) is 56.9 Å². The molecule has 0 saturated carbocycles. The lowest BCUT2D eigenvalue weighted by Crippen LogP contribution is -2.45. The number of nitrogens with zero attached hydrogens (tertiary/aromatic N) is 1. The maximum Gasteiger partial charge on any atom is 0.264 e. The molecule has 2 rings (SSSR count). The van der Waals surface area contributed by atoms with Crippen molar-refractivity contribution in [3.63, 3.8) is 0 Å². The Hall–Kier alpha value is -2.03. The number of carbonyl (C=O) groups excluding carboxylic acids is 1. The SMILES string of the molecule is C[N+](C)(C)CC(=O)[O-].O=S(=O)(O)CCCc1[nH+]ccc2ccccc12. The van der Waals surface area contributed by atoms with E-state index in [4.69, 9.17) is 4.55 Å². The fraction of sp³-hybridized carbons (Fsp3) is 0.412. The van der Waals surface area contributed by atoms with Crippen molar-refractivity contribution in [2.75, 3.05) is 33.4 Å². The Kier molecular flexibility index (Phi) is 7.47. The summed E-state index contributed by atoms with van der Waals surface area (Å²) in [4.78, 5) is 13.0. The minimum Gasteiger partial charge on any atom is -0.544 e. The Morgan fingerprint density at radius 3 is 2.36 bits per heavy atom. The lowest BCUT2D eigenvalue weighted by molar-refractivity contribution is -0.864. The van der Waals surface area contributed by atoms with Crippen LogP contribution in [0.1, 0.15) is 12.1 Å². The molecular weight excluding hydrogens is 344 g/mol. The Bertz CT molecular complexity index is 808. The molecule has 25 heavy (non-hydrogen) atoms. The van der Waals surface area contributed by atoms with E-state index >= 15 is 0 Å². The van der Waals surface area contributed by atoms with Crippen LogP contribution in [0.25, 0.3) is 10.8 Å². The summed E-state index contributed by atoms with van der Waals surface area (Å²) in [5, 5.41) is 12.1. The highest BCUT2D eigenvalue weighted by molar-refractivity contribution is 7.85. The van der Waals surface area contributed by atoms with Gasteiger partial charge in [0.1, 0.15) is 6.54 Å². The average Bonchev–Trinajstić information content (AvgIpc) is 2.44. The van der Waals surface area contributed by atoms with Gasteiger partial charge < -0.3 is 14.4 Å². The number of aromatic amines is 1. The highest BCUT2D eigenvalue weighted by Crippen LogP contribution is 2.15. The molecule has 0 aliphatic heterocycles. The topological polar surface area (TPSA) is 109 Å². The number of fused-ring (bicyclic) bond motifs is 1. The standard InChI is InChI=1S/C12H13NO3S.C5H11NO2/c14-17(15,16)9-3-6-12-11-5-2-1-4-10(11)7-8-13-12;1-6(2,3)4-5(7)8/h1-2,4-5,7-8H,3,6,9H2,(H,14,15,16);4H2,1-3H3/p+1. The average molecular weight is 369 g/mol. The van der Waals surface area contributed by atoms with Gasteiger partial charge in [-0.05, 0) is 17.9 Å². The zero-order chi connectivity index (χ0) is 19.1. The molecule has 2 N–H and O–H groups in total. The van der Waals surface area contributed by atoms with Gasteiger partial charge in [-0.25, -0.2) is 4.98 Å². The number of benzene rings is 1. The van der Waals surface area contributed by atoms with E-state index in [2.05, 4.69) is 4.98 Å². The van der Waals surface area contributed by atoms with Crippen LogP contribution >= 0.6 is 0 Å². The number of hydrogen-bond acceptors (Lipinski definition) is 4. The Balaban J connectivity index is 0.000000333. The summed E-state index contributed by atoms with van der Waals surface area (Å²) in [5.74, 6) is -1.21. The van der Waals surface area contributed by atoms with E-state index < -0.39 is 16.1 Å². The van der Waals surface area contributed by atoms with Crippen molar-refractivity contribution in [2.24, 2.45) is 0 Å². The third-order valence-electron chi connectivity index (χ3n) is 3.24. The molecular formula is C17H25N2O5S+. The predicted molar refractivity (Wildman–Crippen MR) is 93.1 cm³/mol. The summed E-state index contributed by atoms with van der Waals surface area (Å²) in [5.41, 5.74) is 0.992. The molecule has 138 valence electrons. The van der Waals surface area contributed by atoms with E-state index in [0.29, 0.717) is 17.3 Å². The number of rotatable bonds is 6. The number of likely N-dealkylation sites (N-methyl/N-ethyl adjacent to an activating group) is 1. The Morgan fingerprint density at radius 1 is 1.20 bits per heavy atom. The number of pyridine rings is 1. The number of carboxylic acid groups (broad SMARTS) is 1. The molecule has 1 heterocycles. The molecule has 0 unspecified atom stereocenters. The van der Waals surface area contributed by atoms with Gasteiger partial charge in [-0.2, -0.15) is 8.42 Å². The van der Waals surface area contributed by atoms with Crippen LogP contribution in [0.4, 0.5) is 0 Å². The molecule has 0 spiro atoms. The molecule has 2 aromatic rings. The minimum atomic E-state index is -3.86. The number of quaternary nitrogens is 1. The molecule has 0 fully saturated rings. The first kappa shape index (κ1) is 21.0. The van der Waals surface area contributed by atoms with Crippen LogP contribution in [0, 0.1) is 0 Å². The van der Waals surface area contributed by atoms with Gasteiger partial charge in [-0.3, -0.25) is 4.55 Å². The van der Waals surface area contributed by atoms with E-state index in [1.165, 1.54) is 0 Å². The third-order valence-corrected chi connectivity index (χ3v) is 4.04. The second-order valence-corrected chi connectivity index (χ2v) is 8.33. The maximum absolute atomic E-state index is 10.6. The first-order valence-electron chi connectivity index (χ1n) is 7.82. The number of hydrogen-bond donors (Lipinski definition) is 1. The van der Waals surface area contributed by atoms with E-state index in [1.807, 2.05) is 36.5 Å². The number of carboxylic acids is 1. The van der Waals surface area contributed by atoms with Gasteiger partial charge in [0, 0.05) is 17.9 Å². The van der Waals surface area contributed by atoms with E-state index in [0.717, 1.165) is 16.5 Å². The van der Waals surface area contributed by atoms with Gasteiger partial charge in [0.25, 0.3) is 10.1 Å². The summed E-state index contributed by atoms with van der Waals surface area (Å²) >= 11 is 0. The van der Waals surface area contributed by atoms with Crippen molar-refractivity contribution in [1.82, 2.24) is 0 Å². The lowest BCUT2D eigenvalue weighted by Gasteiger charge is -2.23. The van der Waals surface area contributed by atoms with Crippen LogP contribution in [0.5, 0.6) is 0 Å². The highest BCUT2D eigenvalue weighted by atomic mass is 32.2. The fourth-order valence-electron chi connectivity index (χ4n) is 2.25. The first-order valence-corrected chi connectivity index (χ1v) is 9.43. The summed E-state index contributed by atoms with van der Waals surface area (Å²) < 4.78 is 30.4. The molecule has 0 atom stereocenters. The first-order chi connectivity index (χ1) is 11.5. The van der Waals surface area contributed by atoms with Gasteiger partial charge >= 0.3 is 0 Å². The zero-order valence-corrected chi connectivity index (χ0v) is 15.5. The second-order valence-electron chi connectivity index (χ2n) is 6.75. The smallest absolute Gasteiger partial charge is 0.264 e. The molecule has 0 aliphatic carbocycles. The van der Waals surface area contributed by atoms with Crippen LogP contribution in [0.15, 0.2) is 36.5 Å². The van der Waals surface area contributed by atoms with Crippen molar-refractivity contribution in [3.8, 4) is 0 Å². The van der Waals surface area contributed by atoms with Gasteiger partial charge in [-0.1, -0.05) is 18.2 Å². The van der Waals surface area contributed by atoms with Gasteiger partial charge in [0.2, 0.25) is 0 Å². The van der Waals surface area contributed by atoms with Crippen molar-refractivity contribution < 1.29 is 32.3 Å². The zero-order valence-electron chi connectivity index (χ0n) is 14.7. The van der Waals surface area contributed by atoms with Crippen LogP contribution in [0.3, 0.4) is 0 Å². The summed E-state index contributed by atoms with van der Waals surface area (Å²) in [6.45, 7) is 0.0694. The Morgan fingerprint density at radius 2 is 1.84 bits per heavy atom. The Labute approximate surface area is 148 Å². The molecule has 0 aliphatic rings. The van der Waals surface area contributed by atoms with Crippen LogP contribution in [0.2, 0.25) is 0 Å². The van der Waals surface area contributed by atoms with Crippen molar-refractivity contribution >= 4 is 26.9 Å². The minimum absolute atomic E-state index is 0.0694. The highest BCUT2D eigenvalue weighted by Gasteiger charge is 2.10. The normalized spacial score (nSPS) is 11.7. The number of nitrogens with one attached hydrogen (secondary N) is 1. The second kappa shape index (κ2) is 8.89. The lowest BCUT2D eigenvalue weighted by atomic mass is 10.1. The molecule has 1 aromatic carbocycles. The van der Waals surface area contributed by atoms with Crippen LogP contribution in [-0.2, 0) is 21.3 Å². The molecule has 8 heteroatoms. The summed E-state index contributed by atoms with van der Waals surface area (Å²) in [7, 11) is 1.54. The monoisotopic (exact) mass is 369 g/mol. The largest absolute Gasteiger partial charge is 0.544 e. The molecule has 0 amide bonds. The number of aryl methyl sites for hydroxylation is 1. The number of H-pyrrole nitrogens is 1. The van der Waals surface area contributed by atoms with E-state index in [-0.39, 0.29) is 12.3 Å². The van der Waals surface area contributed by atoms with Crippen molar-refractivity contribution in [3.05, 3.63) is 42.2 Å². The molecule has 7 nitrogen and oxygen atoms in total. The quantitative estimate of drug-likeness (QED) is 0.566. The summed E-state index contributed by atoms with van der Waals surface area (Å²) in [6, 6.07) is 9.89. The number of aliphatic carboxylic acids is 1. The molecule has 0 saturated heterocycles. The maximum atomic E-state index is 10.6. The summed E-state index contributed by atoms with van der Waals surface area (Å²) in [6.07, 6.45) is 2.84. The third kappa shape index (κ3) is 9.13. The van der Waals surface area contributed by atoms with Crippen molar-refractivity contribution in [1.29, 1.82) is 0 Å². The van der Waals surface area contributed by atoms with Gasteiger partial charge in [0.05, 0.1) is 32.9 Å². The fourth-order valence-corrected chi connectivity index (χ4v) is 2.76. The van der Waals surface area contributed by atoms with Gasteiger partial charge in [-0.15, -0.1) is 0 Å². The molecule has 1 aromatic heterocycles. The number of aromatic nitrogens is 1. The van der Waals surface area contributed by atoms with E-state index in [9.17, 15) is 18.3 Å². The van der Waals surface area contributed by atoms with Gasteiger partial charge in [0.15, 0.2) is 11.9 Å². The molecule has 0 radical (unpaired) electrons. The van der Waals surface area contributed by atoms with E-state index in [1.54, 1.807) is 21.1 Å². The predicted octanol–water partition coefficient (Wildman–Crippen LogP) is -0.0832. The van der Waals surface area contributed by atoms with Crippen molar-refractivity contribution in [2.45, 2.75) is 12.8 Å². The van der Waals surface area contributed by atoms with Crippen LogP contribution < -0.4 is 10.1 Å².